The minimum atomic E-state index is 0.569. The van der Waals surface area contributed by atoms with Gasteiger partial charge in [-0.2, -0.15) is 0 Å². The van der Waals surface area contributed by atoms with E-state index in [-0.39, 0.29) is 0 Å². The number of pyridine rings is 2. The molecule has 0 amide bonds. The first kappa shape index (κ1) is 21.0. The van der Waals surface area contributed by atoms with Crippen molar-refractivity contribution < 1.29 is 9.47 Å². The van der Waals surface area contributed by atoms with E-state index in [0.717, 1.165) is 37.7 Å². The van der Waals surface area contributed by atoms with Crippen LogP contribution in [0.4, 0.5) is 5.82 Å². The van der Waals surface area contributed by atoms with Gasteiger partial charge in [0, 0.05) is 50.7 Å². The molecule has 1 fully saturated rings. The van der Waals surface area contributed by atoms with Crippen LogP contribution in [-0.4, -0.2) is 62.3 Å². The summed E-state index contributed by atoms with van der Waals surface area (Å²) in [6.07, 6.45) is 3.21. The van der Waals surface area contributed by atoms with Crippen molar-refractivity contribution in [2.45, 2.75) is 0 Å². The Balaban J connectivity index is 0.000000209. The van der Waals surface area contributed by atoms with E-state index in [9.17, 15) is 0 Å². The highest BCUT2D eigenvalue weighted by molar-refractivity contribution is 9.10. The topological polar surface area (TPSA) is 50.7 Å². The predicted molar refractivity (Wildman–Crippen MR) is 109 cm³/mol. The quantitative estimate of drug-likeness (QED) is 0.641. The fraction of sp³-hybridized carbons (Fsp3) is 0.412. The van der Waals surface area contributed by atoms with Crippen LogP contribution in [0.5, 0.6) is 11.5 Å². The molecule has 0 spiro atoms. The van der Waals surface area contributed by atoms with E-state index >= 15 is 0 Å². The monoisotopic (exact) mass is 462 g/mol. The summed E-state index contributed by atoms with van der Waals surface area (Å²) >= 11 is 14.7. The molecule has 9 heteroatoms. The van der Waals surface area contributed by atoms with Crippen LogP contribution in [0.3, 0.4) is 0 Å². The lowest BCUT2D eigenvalue weighted by Crippen LogP contribution is -2.44. The summed E-state index contributed by atoms with van der Waals surface area (Å²) in [5.74, 6) is 2.28. The van der Waals surface area contributed by atoms with Crippen LogP contribution in [0.15, 0.2) is 29.1 Å². The number of ether oxygens (including phenoxy) is 2. The molecule has 0 unspecified atom stereocenters. The number of hydrogen-bond donors (Lipinski definition) is 0. The SMILES string of the molecule is COc1cc(Cl)cnc1Br.COc1cc(Cl)cnc1N1CCN(C)CC1. The Bertz CT molecular complexity index is 728. The first-order valence-electron chi connectivity index (χ1n) is 7.92. The van der Waals surface area contributed by atoms with Crippen molar-refractivity contribution in [2.24, 2.45) is 0 Å². The van der Waals surface area contributed by atoms with Crippen molar-refractivity contribution >= 4 is 44.9 Å². The number of hydrogen-bond acceptors (Lipinski definition) is 6. The maximum atomic E-state index is 5.89. The number of likely N-dealkylation sites (N-methyl/N-ethyl adjacent to an activating group) is 1. The zero-order chi connectivity index (χ0) is 19.1. The summed E-state index contributed by atoms with van der Waals surface area (Å²) in [6, 6.07) is 3.50. The molecule has 1 aliphatic rings. The van der Waals surface area contributed by atoms with Crippen LogP contribution < -0.4 is 14.4 Å². The van der Waals surface area contributed by atoms with Gasteiger partial charge in [0.1, 0.15) is 4.60 Å². The molecular weight excluding hydrogens is 443 g/mol. The number of aromatic nitrogens is 2. The van der Waals surface area contributed by atoms with Gasteiger partial charge < -0.3 is 19.3 Å². The zero-order valence-corrected chi connectivity index (χ0v) is 18.0. The average Bonchev–Trinajstić information content (AvgIpc) is 2.65. The van der Waals surface area contributed by atoms with E-state index in [2.05, 4.69) is 42.7 Å². The number of piperazine rings is 1. The number of anilines is 1. The second-order valence-corrected chi connectivity index (χ2v) is 7.24. The molecule has 3 rings (SSSR count). The zero-order valence-electron chi connectivity index (χ0n) is 14.9. The Morgan fingerprint density at radius 2 is 1.46 bits per heavy atom. The first-order chi connectivity index (χ1) is 12.4. The summed E-state index contributed by atoms with van der Waals surface area (Å²) in [4.78, 5) is 12.8. The molecule has 26 heavy (non-hydrogen) atoms. The molecule has 2 aromatic heterocycles. The van der Waals surface area contributed by atoms with Crippen molar-refractivity contribution in [3.8, 4) is 11.5 Å². The van der Waals surface area contributed by atoms with Crippen LogP contribution >= 0.6 is 39.1 Å². The molecule has 142 valence electrons. The van der Waals surface area contributed by atoms with E-state index in [1.165, 1.54) is 0 Å². The van der Waals surface area contributed by atoms with Gasteiger partial charge in [-0.25, -0.2) is 9.97 Å². The third-order valence-electron chi connectivity index (χ3n) is 3.82. The average molecular weight is 464 g/mol. The predicted octanol–water partition coefficient (Wildman–Crippen LogP) is 4.00. The van der Waals surface area contributed by atoms with Gasteiger partial charge in [0.15, 0.2) is 17.3 Å². The summed E-state index contributed by atoms with van der Waals surface area (Å²) in [5.41, 5.74) is 0. The van der Waals surface area contributed by atoms with E-state index < -0.39 is 0 Å². The number of nitrogens with zero attached hydrogens (tertiary/aromatic N) is 4. The highest BCUT2D eigenvalue weighted by Gasteiger charge is 2.18. The maximum absolute atomic E-state index is 5.89. The van der Waals surface area contributed by atoms with Gasteiger partial charge in [0.2, 0.25) is 0 Å². The van der Waals surface area contributed by atoms with Crippen molar-refractivity contribution in [1.29, 1.82) is 0 Å². The highest BCUT2D eigenvalue weighted by atomic mass is 79.9. The molecule has 0 saturated carbocycles. The fourth-order valence-corrected chi connectivity index (χ4v) is 3.04. The largest absolute Gasteiger partial charge is 0.494 e. The fourth-order valence-electron chi connectivity index (χ4n) is 2.37. The van der Waals surface area contributed by atoms with Crippen LogP contribution in [0.2, 0.25) is 10.0 Å². The second kappa shape index (κ2) is 10.2. The van der Waals surface area contributed by atoms with Gasteiger partial charge in [0.05, 0.1) is 24.3 Å². The molecule has 1 saturated heterocycles. The lowest BCUT2D eigenvalue weighted by molar-refractivity contribution is 0.310. The standard InChI is InChI=1S/C11H16ClN3O.C6H5BrClNO/c1-14-3-5-15(6-4-14)11-10(16-2)7-9(12)8-13-11;1-10-5-2-4(8)3-9-6(5)7/h7-8H,3-6H2,1-2H3;2-3H,1H3. The number of halogens is 3. The van der Waals surface area contributed by atoms with Crippen LogP contribution in [-0.2, 0) is 0 Å². The Labute approximate surface area is 172 Å². The van der Waals surface area contributed by atoms with E-state index in [4.69, 9.17) is 32.7 Å². The van der Waals surface area contributed by atoms with Crippen LogP contribution in [0.1, 0.15) is 0 Å². The first-order valence-corrected chi connectivity index (χ1v) is 9.47. The smallest absolute Gasteiger partial charge is 0.171 e. The maximum Gasteiger partial charge on any atom is 0.171 e. The van der Waals surface area contributed by atoms with Gasteiger partial charge in [-0.3, -0.25) is 0 Å². The number of rotatable bonds is 3. The molecule has 6 nitrogen and oxygen atoms in total. The van der Waals surface area contributed by atoms with Gasteiger partial charge >= 0.3 is 0 Å². The summed E-state index contributed by atoms with van der Waals surface area (Å²) in [5, 5.41) is 1.18. The van der Waals surface area contributed by atoms with Crippen molar-refractivity contribution in [3.63, 3.8) is 0 Å². The van der Waals surface area contributed by atoms with E-state index in [1.807, 2.05) is 6.07 Å². The lowest BCUT2D eigenvalue weighted by atomic mass is 10.3. The Morgan fingerprint density at radius 3 is 2.00 bits per heavy atom. The Morgan fingerprint density at radius 1 is 0.923 bits per heavy atom. The summed E-state index contributed by atoms with van der Waals surface area (Å²) in [7, 11) is 5.34. The van der Waals surface area contributed by atoms with Crippen molar-refractivity contribution in [1.82, 2.24) is 14.9 Å². The molecule has 1 aliphatic heterocycles. The number of methoxy groups -OCH3 is 2. The molecule has 0 aliphatic carbocycles. The van der Waals surface area contributed by atoms with E-state index in [0.29, 0.717) is 20.4 Å². The van der Waals surface area contributed by atoms with Gasteiger partial charge in [-0.05, 0) is 23.0 Å². The normalized spacial score (nSPS) is 14.5. The minimum absolute atomic E-state index is 0.569. The van der Waals surface area contributed by atoms with Gasteiger partial charge in [-0.1, -0.05) is 23.2 Å². The third-order valence-corrected chi connectivity index (χ3v) is 4.82. The molecule has 0 atom stereocenters. The molecule has 3 heterocycles. The van der Waals surface area contributed by atoms with Gasteiger partial charge in [0.25, 0.3) is 0 Å². The van der Waals surface area contributed by atoms with Crippen LogP contribution in [0, 0.1) is 0 Å². The molecule has 2 aromatic rings. The van der Waals surface area contributed by atoms with E-state index in [1.54, 1.807) is 32.7 Å². The van der Waals surface area contributed by atoms with Crippen LogP contribution in [0.25, 0.3) is 0 Å². The van der Waals surface area contributed by atoms with Crippen molar-refractivity contribution in [3.05, 3.63) is 39.2 Å². The second-order valence-electron chi connectivity index (χ2n) is 5.62. The van der Waals surface area contributed by atoms with Gasteiger partial charge in [-0.15, -0.1) is 0 Å². The molecule has 0 N–H and O–H groups in total. The minimum Gasteiger partial charge on any atom is -0.494 e. The Hall–Kier alpha value is -1.28. The highest BCUT2D eigenvalue weighted by Crippen LogP contribution is 2.28. The lowest BCUT2D eigenvalue weighted by Gasteiger charge is -2.33. The Kier molecular flexibility index (Phi) is 8.21. The molecular formula is C17H21BrCl2N4O2. The summed E-state index contributed by atoms with van der Waals surface area (Å²) < 4.78 is 10.9. The molecule has 0 aromatic carbocycles. The summed E-state index contributed by atoms with van der Waals surface area (Å²) in [6.45, 7) is 4.05. The van der Waals surface area contributed by atoms with Crippen molar-refractivity contribution in [2.75, 3.05) is 52.3 Å². The third kappa shape index (κ3) is 5.87. The molecule has 0 radical (unpaired) electrons. The molecule has 0 bridgehead atoms.